The number of aliphatic hydroxyl groups excluding tert-OH is 1. The lowest BCUT2D eigenvalue weighted by atomic mass is 9.87. The molecule has 0 bridgehead atoms. The van der Waals surface area contributed by atoms with Crippen LogP contribution in [0.25, 0.3) is 5.69 Å². The van der Waals surface area contributed by atoms with Gasteiger partial charge in [0.15, 0.2) is 0 Å². The number of nitrogens with one attached hydrogen (secondary N) is 2. The largest absolute Gasteiger partial charge is 0.396 e. The Morgan fingerprint density at radius 3 is 2.58 bits per heavy atom. The van der Waals surface area contributed by atoms with Gasteiger partial charge in [0.1, 0.15) is 5.82 Å². The van der Waals surface area contributed by atoms with Crippen molar-refractivity contribution in [3.05, 3.63) is 48.5 Å². The van der Waals surface area contributed by atoms with Gasteiger partial charge in [-0.05, 0) is 61.9 Å². The predicted octanol–water partition coefficient (Wildman–Crippen LogP) is 3.29. The van der Waals surface area contributed by atoms with Crippen LogP contribution in [0.2, 0.25) is 0 Å². The number of carbonyl (C=O) groups is 1. The van der Waals surface area contributed by atoms with Crippen LogP contribution in [0.3, 0.4) is 0 Å². The summed E-state index contributed by atoms with van der Waals surface area (Å²) in [6, 6.07) is 8.05. The lowest BCUT2D eigenvalue weighted by molar-refractivity contribution is 0.176. The second-order valence-electron chi connectivity index (χ2n) is 6.25. The molecule has 2 amide bonds. The van der Waals surface area contributed by atoms with Crippen molar-refractivity contribution in [2.24, 2.45) is 5.92 Å². The van der Waals surface area contributed by atoms with Crippen molar-refractivity contribution in [2.45, 2.75) is 31.7 Å². The first-order chi connectivity index (χ1) is 11.7. The van der Waals surface area contributed by atoms with Gasteiger partial charge in [-0.1, -0.05) is 0 Å². The standard InChI is InChI=1S/C18H22FN3O2/c19-16-8-7-15(22-9-1-2-10-22)11-17(16)21-18(24)20-14-5-3-13(12-23)4-6-14/h1-2,7-11,13-14,23H,3-6,12H2,(H2,20,21,24). The maximum atomic E-state index is 14.0. The summed E-state index contributed by atoms with van der Waals surface area (Å²) in [7, 11) is 0. The van der Waals surface area contributed by atoms with E-state index in [1.165, 1.54) is 6.07 Å². The average molecular weight is 331 g/mol. The van der Waals surface area contributed by atoms with Crippen LogP contribution in [0, 0.1) is 11.7 Å². The van der Waals surface area contributed by atoms with E-state index < -0.39 is 11.8 Å². The van der Waals surface area contributed by atoms with Gasteiger partial charge in [0, 0.05) is 30.7 Å². The van der Waals surface area contributed by atoms with Crippen molar-refractivity contribution >= 4 is 11.7 Å². The molecule has 0 atom stereocenters. The minimum Gasteiger partial charge on any atom is -0.396 e. The van der Waals surface area contributed by atoms with Crippen LogP contribution in [0.1, 0.15) is 25.7 Å². The van der Waals surface area contributed by atoms with E-state index in [9.17, 15) is 9.18 Å². The molecule has 0 unspecified atom stereocenters. The minimum absolute atomic E-state index is 0.0727. The second kappa shape index (κ2) is 7.49. The number of rotatable bonds is 4. The number of amides is 2. The normalized spacial score (nSPS) is 20.6. The number of benzene rings is 1. The van der Waals surface area contributed by atoms with Crippen molar-refractivity contribution in [2.75, 3.05) is 11.9 Å². The number of hydrogen-bond donors (Lipinski definition) is 3. The molecular formula is C18H22FN3O2. The summed E-state index contributed by atoms with van der Waals surface area (Å²) in [6.45, 7) is 0.205. The molecule has 1 heterocycles. The Balaban J connectivity index is 1.61. The van der Waals surface area contributed by atoms with Crippen LogP contribution in [-0.2, 0) is 0 Å². The highest BCUT2D eigenvalue weighted by Crippen LogP contribution is 2.24. The Kier molecular flexibility index (Phi) is 5.15. The zero-order valence-corrected chi connectivity index (χ0v) is 13.4. The molecule has 0 spiro atoms. The highest BCUT2D eigenvalue weighted by molar-refractivity contribution is 5.89. The summed E-state index contributed by atoms with van der Waals surface area (Å²) in [4.78, 5) is 12.1. The average Bonchev–Trinajstić information content (AvgIpc) is 3.12. The Morgan fingerprint density at radius 1 is 1.21 bits per heavy atom. The van der Waals surface area contributed by atoms with Gasteiger partial charge in [-0.15, -0.1) is 0 Å². The number of carbonyl (C=O) groups excluding carboxylic acids is 1. The fourth-order valence-corrected chi connectivity index (χ4v) is 3.11. The van der Waals surface area contributed by atoms with Gasteiger partial charge in [0.05, 0.1) is 5.69 Å². The third-order valence-corrected chi connectivity index (χ3v) is 4.54. The number of aliphatic hydroxyl groups is 1. The fraction of sp³-hybridized carbons (Fsp3) is 0.389. The second-order valence-corrected chi connectivity index (χ2v) is 6.25. The van der Waals surface area contributed by atoms with E-state index in [0.717, 1.165) is 31.4 Å². The number of urea groups is 1. The van der Waals surface area contributed by atoms with Crippen LogP contribution in [0.15, 0.2) is 42.7 Å². The van der Waals surface area contributed by atoms with Gasteiger partial charge in [-0.3, -0.25) is 0 Å². The fourth-order valence-electron chi connectivity index (χ4n) is 3.11. The molecule has 1 aliphatic rings. The quantitative estimate of drug-likeness (QED) is 0.805. The number of anilines is 1. The Morgan fingerprint density at radius 2 is 1.92 bits per heavy atom. The maximum Gasteiger partial charge on any atom is 0.319 e. The Bertz CT molecular complexity index is 680. The van der Waals surface area contributed by atoms with Crippen molar-refractivity contribution in [3.8, 4) is 5.69 Å². The minimum atomic E-state index is -0.468. The van der Waals surface area contributed by atoms with E-state index in [-0.39, 0.29) is 18.3 Å². The summed E-state index contributed by atoms with van der Waals surface area (Å²) < 4.78 is 15.8. The molecular weight excluding hydrogens is 309 g/mol. The van der Waals surface area contributed by atoms with Crippen molar-refractivity contribution in [1.82, 2.24) is 9.88 Å². The molecule has 1 saturated carbocycles. The summed E-state index contributed by atoms with van der Waals surface area (Å²) in [5.74, 6) is -0.133. The SMILES string of the molecule is O=C(Nc1cc(-n2cccc2)ccc1F)NC1CCC(CO)CC1. The molecule has 1 fully saturated rings. The van der Waals surface area contributed by atoms with E-state index in [4.69, 9.17) is 5.11 Å². The number of nitrogens with zero attached hydrogens (tertiary/aromatic N) is 1. The summed E-state index contributed by atoms with van der Waals surface area (Å²) in [5, 5.41) is 14.6. The molecule has 1 aliphatic carbocycles. The van der Waals surface area contributed by atoms with Crippen LogP contribution in [0.4, 0.5) is 14.9 Å². The summed E-state index contributed by atoms with van der Waals surface area (Å²) in [5.41, 5.74) is 0.933. The molecule has 2 aromatic rings. The highest BCUT2D eigenvalue weighted by atomic mass is 19.1. The van der Waals surface area contributed by atoms with Crippen molar-refractivity contribution in [3.63, 3.8) is 0 Å². The summed E-state index contributed by atoms with van der Waals surface area (Å²) >= 11 is 0. The molecule has 3 rings (SSSR count). The molecule has 24 heavy (non-hydrogen) atoms. The lowest BCUT2D eigenvalue weighted by Crippen LogP contribution is -2.40. The van der Waals surface area contributed by atoms with Gasteiger partial charge in [0.2, 0.25) is 0 Å². The highest BCUT2D eigenvalue weighted by Gasteiger charge is 2.22. The molecule has 128 valence electrons. The Hall–Kier alpha value is -2.34. The maximum absolute atomic E-state index is 14.0. The summed E-state index contributed by atoms with van der Waals surface area (Å²) in [6.07, 6.45) is 7.19. The number of aromatic nitrogens is 1. The van der Waals surface area contributed by atoms with E-state index in [1.807, 2.05) is 29.1 Å². The molecule has 0 saturated heterocycles. The van der Waals surface area contributed by atoms with Crippen LogP contribution >= 0.6 is 0 Å². The van der Waals surface area contributed by atoms with E-state index in [1.54, 1.807) is 12.1 Å². The molecule has 1 aromatic carbocycles. The molecule has 6 heteroatoms. The molecule has 5 nitrogen and oxygen atoms in total. The first-order valence-corrected chi connectivity index (χ1v) is 8.27. The van der Waals surface area contributed by atoms with E-state index in [0.29, 0.717) is 5.92 Å². The molecule has 3 N–H and O–H groups in total. The molecule has 0 radical (unpaired) electrons. The first kappa shape index (κ1) is 16.5. The van der Waals surface area contributed by atoms with Gasteiger partial charge >= 0.3 is 6.03 Å². The zero-order chi connectivity index (χ0) is 16.9. The van der Waals surface area contributed by atoms with Gasteiger partial charge < -0.3 is 20.3 Å². The van der Waals surface area contributed by atoms with Gasteiger partial charge in [0.25, 0.3) is 0 Å². The van der Waals surface area contributed by atoms with Crippen LogP contribution in [-0.4, -0.2) is 28.4 Å². The number of hydrogen-bond acceptors (Lipinski definition) is 2. The van der Waals surface area contributed by atoms with Crippen molar-refractivity contribution in [1.29, 1.82) is 0 Å². The van der Waals surface area contributed by atoms with E-state index >= 15 is 0 Å². The third-order valence-electron chi connectivity index (χ3n) is 4.54. The smallest absolute Gasteiger partial charge is 0.319 e. The van der Waals surface area contributed by atoms with Crippen LogP contribution < -0.4 is 10.6 Å². The van der Waals surface area contributed by atoms with Crippen molar-refractivity contribution < 1.29 is 14.3 Å². The monoisotopic (exact) mass is 331 g/mol. The number of halogens is 1. The molecule has 0 aliphatic heterocycles. The van der Waals surface area contributed by atoms with Crippen LogP contribution in [0.5, 0.6) is 0 Å². The predicted molar refractivity (Wildman–Crippen MR) is 90.7 cm³/mol. The topological polar surface area (TPSA) is 66.3 Å². The first-order valence-electron chi connectivity index (χ1n) is 8.27. The Labute approximate surface area is 140 Å². The van der Waals surface area contributed by atoms with E-state index in [2.05, 4.69) is 10.6 Å². The molecule has 1 aromatic heterocycles. The van der Waals surface area contributed by atoms with Gasteiger partial charge in [-0.2, -0.15) is 0 Å². The van der Waals surface area contributed by atoms with Gasteiger partial charge in [-0.25, -0.2) is 9.18 Å². The lowest BCUT2D eigenvalue weighted by Gasteiger charge is -2.28. The zero-order valence-electron chi connectivity index (χ0n) is 13.4. The third kappa shape index (κ3) is 3.94.